The van der Waals surface area contributed by atoms with Gasteiger partial charge < -0.3 is 4.74 Å². The number of alkyl halides is 1. The van der Waals surface area contributed by atoms with Crippen molar-refractivity contribution in [2.24, 2.45) is 7.05 Å². The van der Waals surface area contributed by atoms with Gasteiger partial charge in [0, 0.05) is 18.3 Å². The summed E-state index contributed by atoms with van der Waals surface area (Å²) < 4.78 is 7.46. The van der Waals surface area contributed by atoms with Gasteiger partial charge >= 0.3 is 0 Å². The number of hydrogen-bond donors (Lipinski definition) is 0. The number of ether oxygens (including phenoxy) is 1. The molecule has 0 amide bonds. The van der Waals surface area contributed by atoms with Gasteiger partial charge in [0.1, 0.15) is 0 Å². The molecule has 0 saturated heterocycles. The molecule has 2 aromatic rings. The Labute approximate surface area is 110 Å². The second kappa shape index (κ2) is 5.87. The Morgan fingerprint density at radius 1 is 1.35 bits per heavy atom. The van der Waals surface area contributed by atoms with Crippen LogP contribution in [0.4, 0.5) is 0 Å². The molecule has 0 aliphatic heterocycles. The van der Waals surface area contributed by atoms with Gasteiger partial charge in [-0.3, -0.25) is 4.68 Å². The van der Waals surface area contributed by atoms with Crippen molar-refractivity contribution in [3.63, 3.8) is 0 Å². The molecule has 17 heavy (non-hydrogen) atoms. The summed E-state index contributed by atoms with van der Waals surface area (Å²) in [5.41, 5.74) is 1.29. The fourth-order valence-electron chi connectivity index (χ4n) is 1.63. The van der Waals surface area contributed by atoms with Crippen molar-refractivity contribution in [3.8, 4) is 5.75 Å². The molecule has 3 nitrogen and oxygen atoms in total. The fourth-order valence-corrected chi connectivity index (χ4v) is 2.19. The van der Waals surface area contributed by atoms with E-state index in [0.29, 0.717) is 12.5 Å². The normalized spacial score (nSPS) is 12.4. The van der Waals surface area contributed by atoms with Gasteiger partial charge in [-0.15, -0.1) is 0 Å². The quantitative estimate of drug-likeness (QED) is 0.793. The molecule has 1 heterocycles. The second-order valence-corrected chi connectivity index (χ2v) is 4.57. The Balaban J connectivity index is 1.97. The average Bonchev–Trinajstić information content (AvgIpc) is 2.77. The summed E-state index contributed by atoms with van der Waals surface area (Å²) in [4.78, 5) is 0. The number of nitrogens with zero attached hydrogens (tertiary/aromatic N) is 2. The lowest BCUT2D eigenvalue weighted by molar-refractivity contribution is 0.298. The Morgan fingerprint density at radius 2 is 2.12 bits per heavy atom. The van der Waals surface area contributed by atoms with E-state index in [4.69, 9.17) is 4.74 Å². The van der Waals surface area contributed by atoms with Gasteiger partial charge in [-0.25, -0.2) is 0 Å². The van der Waals surface area contributed by atoms with Crippen molar-refractivity contribution in [2.75, 3.05) is 11.9 Å². The van der Waals surface area contributed by atoms with Gasteiger partial charge in [-0.1, -0.05) is 46.3 Å². The van der Waals surface area contributed by atoms with Crippen molar-refractivity contribution in [1.82, 2.24) is 9.78 Å². The van der Waals surface area contributed by atoms with Crippen LogP contribution in [0.15, 0.2) is 42.7 Å². The number of rotatable bonds is 5. The zero-order valence-electron chi connectivity index (χ0n) is 9.71. The molecule has 0 bridgehead atoms. The minimum atomic E-state index is 0.358. The second-order valence-electron chi connectivity index (χ2n) is 3.92. The molecular formula is C13H15BrN2O. The topological polar surface area (TPSA) is 27.1 Å². The molecule has 1 unspecified atom stereocenters. The van der Waals surface area contributed by atoms with E-state index in [-0.39, 0.29) is 0 Å². The lowest BCUT2D eigenvalue weighted by Gasteiger charge is -2.14. The van der Waals surface area contributed by atoms with Crippen LogP contribution in [0.5, 0.6) is 5.75 Å². The summed E-state index contributed by atoms with van der Waals surface area (Å²) in [5, 5.41) is 4.96. The summed E-state index contributed by atoms with van der Waals surface area (Å²) in [6.07, 6.45) is 3.60. The molecule has 0 radical (unpaired) electrons. The predicted octanol–water partition coefficient (Wildman–Crippen LogP) is 2.98. The highest BCUT2D eigenvalue weighted by atomic mass is 79.9. The Morgan fingerprint density at radius 3 is 2.71 bits per heavy atom. The van der Waals surface area contributed by atoms with Crippen molar-refractivity contribution in [3.05, 3.63) is 48.3 Å². The zero-order valence-corrected chi connectivity index (χ0v) is 11.3. The van der Waals surface area contributed by atoms with Crippen LogP contribution in [-0.4, -0.2) is 21.7 Å². The van der Waals surface area contributed by atoms with Gasteiger partial charge in [-0.05, 0) is 5.56 Å². The molecule has 90 valence electrons. The Kier molecular flexibility index (Phi) is 4.20. The first kappa shape index (κ1) is 12.2. The maximum Gasteiger partial charge on any atom is 0.157 e. The predicted molar refractivity (Wildman–Crippen MR) is 71.7 cm³/mol. The number of benzene rings is 1. The average molecular weight is 295 g/mol. The number of hydrogen-bond acceptors (Lipinski definition) is 2. The third-order valence-corrected chi connectivity index (χ3v) is 3.37. The van der Waals surface area contributed by atoms with E-state index in [2.05, 4.69) is 45.3 Å². The Hall–Kier alpha value is -1.29. The third kappa shape index (κ3) is 3.33. The monoisotopic (exact) mass is 294 g/mol. The van der Waals surface area contributed by atoms with Crippen LogP contribution < -0.4 is 4.74 Å². The molecule has 0 N–H and O–H groups in total. The highest BCUT2D eigenvalue weighted by Gasteiger charge is 2.11. The third-order valence-electron chi connectivity index (χ3n) is 2.59. The molecule has 1 aromatic carbocycles. The lowest BCUT2D eigenvalue weighted by atomic mass is 10.0. The van der Waals surface area contributed by atoms with Crippen molar-refractivity contribution < 1.29 is 4.74 Å². The van der Waals surface area contributed by atoms with Crippen LogP contribution in [0.25, 0.3) is 0 Å². The van der Waals surface area contributed by atoms with Crippen molar-refractivity contribution >= 4 is 15.9 Å². The highest BCUT2D eigenvalue weighted by Crippen LogP contribution is 2.19. The van der Waals surface area contributed by atoms with E-state index in [9.17, 15) is 0 Å². The van der Waals surface area contributed by atoms with Crippen LogP contribution in [0.1, 0.15) is 11.5 Å². The summed E-state index contributed by atoms with van der Waals surface area (Å²) in [6.45, 7) is 0.654. The number of halogens is 1. The summed E-state index contributed by atoms with van der Waals surface area (Å²) >= 11 is 3.53. The van der Waals surface area contributed by atoms with E-state index < -0.39 is 0 Å². The maximum absolute atomic E-state index is 5.72. The summed E-state index contributed by atoms with van der Waals surface area (Å²) in [6, 6.07) is 10.4. The van der Waals surface area contributed by atoms with Gasteiger partial charge in [0.15, 0.2) is 5.75 Å². The standard InChI is InChI=1S/C13H15BrN2O/c1-16-9-13(8-15-16)17-10-12(7-14)11-5-3-2-4-6-11/h2-6,8-9,12H,7,10H2,1H3. The molecule has 0 aliphatic rings. The molecule has 0 spiro atoms. The molecule has 0 fully saturated rings. The van der Waals surface area contributed by atoms with Gasteiger partial charge in [0.05, 0.1) is 19.0 Å². The number of aryl methyl sites for hydroxylation is 1. The Bertz CT molecular complexity index is 455. The number of aromatic nitrogens is 2. The summed E-state index contributed by atoms with van der Waals surface area (Å²) in [7, 11) is 1.88. The first-order valence-corrected chi connectivity index (χ1v) is 6.64. The van der Waals surface area contributed by atoms with Gasteiger partial charge in [0.25, 0.3) is 0 Å². The van der Waals surface area contributed by atoms with Crippen LogP contribution in [0, 0.1) is 0 Å². The molecule has 0 aliphatic carbocycles. The van der Waals surface area contributed by atoms with E-state index in [1.807, 2.05) is 19.3 Å². The SMILES string of the molecule is Cn1cc(OCC(CBr)c2ccccc2)cn1. The van der Waals surface area contributed by atoms with Crippen LogP contribution in [-0.2, 0) is 7.05 Å². The molecule has 1 atom stereocenters. The first-order chi connectivity index (χ1) is 8.29. The van der Waals surface area contributed by atoms with E-state index in [1.165, 1.54) is 5.56 Å². The smallest absolute Gasteiger partial charge is 0.157 e. The zero-order chi connectivity index (χ0) is 12.1. The van der Waals surface area contributed by atoms with Crippen molar-refractivity contribution in [1.29, 1.82) is 0 Å². The molecule has 0 saturated carbocycles. The minimum absolute atomic E-state index is 0.358. The van der Waals surface area contributed by atoms with Crippen molar-refractivity contribution in [2.45, 2.75) is 5.92 Å². The van der Waals surface area contributed by atoms with Crippen LogP contribution in [0.2, 0.25) is 0 Å². The van der Waals surface area contributed by atoms with E-state index in [1.54, 1.807) is 10.9 Å². The first-order valence-electron chi connectivity index (χ1n) is 5.52. The molecule has 2 rings (SSSR count). The summed E-state index contributed by atoms with van der Waals surface area (Å²) in [5.74, 6) is 1.17. The minimum Gasteiger partial charge on any atom is -0.490 e. The molecule has 4 heteroatoms. The largest absolute Gasteiger partial charge is 0.490 e. The molecule has 1 aromatic heterocycles. The van der Waals surface area contributed by atoms with E-state index in [0.717, 1.165) is 11.1 Å². The maximum atomic E-state index is 5.72. The van der Waals surface area contributed by atoms with Crippen LogP contribution >= 0.6 is 15.9 Å². The van der Waals surface area contributed by atoms with Gasteiger partial charge in [0.2, 0.25) is 0 Å². The fraction of sp³-hybridized carbons (Fsp3) is 0.308. The van der Waals surface area contributed by atoms with E-state index >= 15 is 0 Å². The lowest BCUT2D eigenvalue weighted by Crippen LogP contribution is -2.11. The van der Waals surface area contributed by atoms with Gasteiger partial charge in [-0.2, -0.15) is 5.10 Å². The highest BCUT2D eigenvalue weighted by molar-refractivity contribution is 9.09. The van der Waals surface area contributed by atoms with Crippen LogP contribution in [0.3, 0.4) is 0 Å². The molecular weight excluding hydrogens is 280 g/mol.